The van der Waals surface area contributed by atoms with Gasteiger partial charge >= 0.3 is 0 Å². The Morgan fingerprint density at radius 2 is 2.05 bits per heavy atom. The smallest absolute Gasteiger partial charge is 0.226 e. The number of hydrogen-bond donors (Lipinski definition) is 0. The van der Waals surface area contributed by atoms with Crippen LogP contribution in [0.3, 0.4) is 0 Å². The maximum atomic E-state index is 14.1. The topological polar surface area (TPSA) is 80.6 Å². The van der Waals surface area contributed by atoms with Gasteiger partial charge in [-0.2, -0.15) is 15.0 Å². The van der Waals surface area contributed by atoms with Crippen molar-refractivity contribution >= 4 is 23.4 Å². The van der Waals surface area contributed by atoms with Gasteiger partial charge in [-0.25, -0.2) is 0 Å². The summed E-state index contributed by atoms with van der Waals surface area (Å²) in [4.78, 5) is 32.7. The summed E-state index contributed by atoms with van der Waals surface area (Å²) in [5, 5.41) is 9.17. The molecule has 2 aliphatic heterocycles. The molecule has 3 fully saturated rings. The molecule has 2 saturated carbocycles. The van der Waals surface area contributed by atoms with E-state index >= 15 is 0 Å². The number of carbonyl (C=O) groups is 2. The van der Waals surface area contributed by atoms with Gasteiger partial charge in [0.1, 0.15) is 18.1 Å². The summed E-state index contributed by atoms with van der Waals surface area (Å²) in [6.45, 7) is 4.37. The van der Waals surface area contributed by atoms with Crippen molar-refractivity contribution in [2.45, 2.75) is 70.9 Å². The van der Waals surface area contributed by atoms with Gasteiger partial charge < -0.3 is 14.5 Å². The summed E-state index contributed by atoms with van der Waals surface area (Å²) in [6.07, 6.45) is 9.57. The van der Waals surface area contributed by atoms with Gasteiger partial charge in [0.05, 0.1) is 12.2 Å². The molecule has 1 aromatic heterocycles. The number of likely N-dealkylation sites (tertiary alicyclic amines) is 1. The van der Waals surface area contributed by atoms with Gasteiger partial charge in [0.15, 0.2) is 0 Å². The first-order valence-corrected chi connectivity index (χ1v) is 14.1. The SMILES string of the molecule is C[C@H]1CCCC[C@H]1C(=O)N1CCc2c(Cl)ccc(OCc3cnn(C)n3)c2[C@H]1CN1CC2(CC2)CC1=O. The standard InChI is InChI=1S/C28H36ClN5O3/c1-18-5-3-4-6-20(18)27(36)34-12-9-21-22(29)7-8-24(37-16-19-14-30-32(2)31-19)26(21)23(34)15-33-17-28(10-11-28)13-25(33)35/h7-8,14,18,20,23H,3-6,9-13,15-17H2,1-2H3/t18-,20+,23+/m0/s1. The van der Waals surface area contributed by atoms with Crippen molar-refractivity contribution in [2.24, 2.45) is 24.3 Å². The third-order valence-electron chi connectivity index (χ3n) is 9.06. The Labute approximate surface area is 223 Å². The molecule has 2 amide bonds. The number of ether oxygens (including phenoxy) is 1. The van der Waals surface area contributed by atoms with Crippen LogP contribution in [0.4, 0.5) is 0 Å². The van der Waals surface area contributed by atoms with Crippen molar-refractivity contribution in [2.75, 3.05) is 19.6 Å². The van der Waals surface area contributed by atoms with Gasteiger partial charge in [0, 0.05) is 49.6 Å². The van der Waals surface area contributed by atoms with Crippen molar-refractivity contribution in [3.05, 3.63) is 40.2 Å². The molecule has 2 aromatic rings. The van der Waals surface area contributed by atoms with Crippen molar-refractivity contribution in [1.82, 2.24) is 24.8 Å². The molecule has 1 aromatic carbocycles. The molecule has 37 heavy (non-hydrogen) atoms. The molecule has 3 heterocycles. The number of halogens is 1. The van der Waals surface area contributed by atoms with E-state index in [1.165, 1.54) is 11.2 Å². The average molecular weight is 526 g/mol. The molecule has 0 radical (unpaired) electrons. The molecule has 0 N–H and O–H groups in total. The summed E-state index contributed by atoms with van der Waals surface area (Å²) in [5.74, 6) is 1.53. The fraction of sp³-hybridized carbons (Fsp3) is 0.643. The van der Waals surface area contributed by atoms with E-state index in [1.54, 1.807) is 13.2 Å². The van der Waals surface area contributed by atoms with Crippen LogP contribution in [0.1, 0.15) is 74.7 Å². The van der Waals surface area contributed by atoms with E-state index in [0.717, 1.165) is 55.5 Å². The highest BCUT2D eigenvalue weighted by molar-refractivity contribution is 6.31. The molecule has 0 unspecified atom stereocenters. The van der Waals surface area contributed by atoms with E-state index in [4.69, 9.17) is 16.3 Å². The van der Waals surface area contributed by atoms with Crippen LogP contribution in [-0.4, -0.2) is 56.2 Å². The third-order valence-corrected chi connectivity index (χ3v) is 9.42. The molecule has 6 rings (SSSR count). The quantitative estimate of drug-likeness (QED) is 0.561. The van der Waals surface area contributed by atoms with Gasteiger partial charge in [-0.1, -0.05) is 31.4 Å². The normalized spacial score (nSPS) is 26.5. The molecule has 2 aliphatic carbocycles. The molecule has 8 nitrogen and oxygen atoms in total. The van der Waals surface area contributed by atoms with Crippen LogP contribution in [0.2, 0.25) is 5.02 Å². The molecule has 0 bridgehead atoms. The number of fused-ring (bicyclic) bond motifs is 1. The molecule has 1 saturated heterocycles. The number of nitrogens with zero attached hydrogens (tertiary/aromatic N) is 5. The van der Waals surface area contributed by atoms with Gasteiger partial charge in [0.2, 0.25) is 11.8 Å². The molecule has 4 aliphatic rings. The molecule has 198 valence electrons. The van der Waals surface area contributed by atoms with Gasteiger partial charge in [-0.3, -0.25) is 9.59 Å². The highest BCUT2D eigenvalue weighted by atomic mass is 35.5. The lowest BCUT2D eigenvalue weighted by Crippen LogP contribution is -2.49. The first-order chi connectivity index (χ1) is 17.8. The van der Waals surface area contributed by atoms with Crippen molar-refractivity contribution in [1.29, 1.82) is 0 Å². The number of amides is 2. The number of aryl methyl sites for hydroxylation is 1. The lowest BCUT2D eigenvalue weighted by molar-refractivity contribution is -0.143. The Kier molecular flexibility index (Phi) is 6.42. The maximum Gasteiger partial charge on any atom is 0.226 e. The first kappa shape index (κ1) is 24.7. The van der Waals surface area contributed by atoms with E-state index in [9.17, 15) is 9.59 Å². The van der Waals surface area contributed by atoms with Crippen LogP contribution >= 0.6 is 11.6 Å². The fourth-order valence-corrected chi connectivity index (χ4v) is 6.99. The van der Waals surface area contributed by atoms with E-state index < -0.39 is 0 Å². The summed E-state index contributed by atoms with van der Waals surface area (Å²) < 4.78 is 6.31. The van der Waals surface area contributed by atoms with E-state index in [1.807, 2.05) is 21.9 Å². The minimum absolute atomic E-state index is 0.0324. The van der Waals surface area contributed by atoms with Crippen LogP contribution in [-0.2, 0) is 29.7 Å². The molecular weight excluding hydrogens is 490 g/mol. The minimum atomic E-state index is -0.279. The minimum Gasteiger partial charge on any atom is -0.487 e. The lowest BCUT2D eigenvalue weighted by atomic mass is 9.78. The van der Waals surface area contributed by atoms with Crippen molar-refractivity contribution in [3.63, 3.8) is 0 Å². The summed E-state index contributed by atoms with van der Waals surface area (Å²) in [5.41, 5.74) is 2.87. The van der Waals surface area contributed by atoms with Gasteiger partial charge in [-0.05, 0) is 61.1 Å². The largest absolute Gasteiger partial charge is 0.487 e. The second-order valence-corrected chi connectivity index (χ2v) is 12.1. The fourth-order valence-electron chi connectivity index (χ4n) is 6.73. The average Bonchev–Trinajstić information content (AvgIpc) is 3.38. The predicted molar refractivity (Wildman–Crippen MR) is 139 cm³/mol. The summed E-state index contributed by atoms with van der Waals surface area (Å²) >= 11 is 6.73. The number of rotatable bonds is 6. The highest BCUT2D eigenvalue weighted by Gasteiger charge is 2.52. The van der Waals surface area contributed by atoms with Gasteiger partial charge in [-0.15, -0.1) is 0 Å². The number of carbonyl (C=O) groups excluding carboxylic acids is 2. The highest BCUT2D eigenvalue weighted by Crippen LogP contribution is 2.54. The first-order valence-electron chi connectivity index (χ1n) is 13.7. The predicted octanol–water partition coefficient (Wildman–Crippen LogP) is 4.31. The van der Waals surface area contributed by atoms with Crippen molar-refractivity contribution < 1.29 is 14.3 Å². The Morgan fingerprint density at radius 1 is 1.24 bits per heavy atom. The molecule has 3 atom stereocenters. The van der Waals surface area contributed by atoms with Crippen LogP contribution in [0, 0.1) is 17.3 Å². The number of hydrogen-bond acceptors (Lipinski definition) is 5. The summed E-state index contributed by atoms with van der Waals surface area (Å²) in [7, 11) is 1.78. The molecule has 9 heteroatoms. The monoisotopic (exact) mass is 525 g/mol. The third kappa shape index (κ3) is 4.73. The summed E-state index contributed by atoms with van der Waals surface area (Å²) in [6, 6.07) is 3.50. The second kappa shape index (κ2) is 9.61. The second-order valence-electron chi connectivity index (χ2n) is 11.7. The Morgan fingerprint density at radius 3 is 2.76 bits per heavy atom. The Balaban J connectivity index is 1.35. The zero-order valence-corrected chi connectivity index (χ0v) is 22.5. The maximum absolute atomic E-state index is 14.1. The van der Waals surface area contributed by atoms with Crippen LogP contribution in [0.5, 0.6) is 5.75 Å². The van der Waals surface area contributed by atoms with Crippen molar-refractivity contribution in [3.8, 4) is 5.75 Å². The molecular formula is C28H36ClN5O3. The van der Waals surface area contributed by atoms with E-state index in [-0.39, 0.29) is 35.8 Å². The zero-order chi connectivity index (χ0) is 25.7. The number of aromatic nitrogens is 3. The van der Waals surface area contributed by atoms with Gasteiger partial charge in [0.25, 0.3) is 0 Å². The Hall–Kier alpha value is -2.61. The zero-order valence-electron chi connectivity index (χ0n) is 21.8. The van der Waals surface area contributed by atoms with Crippen LogP contribution in [0.25, 0.3) is 0 Å². The molecule has 1 spiro atoms. The van der Waals surface area contributed by atoms with E-state index in [0.29, 0.717) is 42.6 Å². The van der Waals surface area contributed by atoms with Crippen LogP contribution < -0.4 is 4.74 Å². The Bertz CT molecular complexity index is 1210. The lowest BCUT2D eigenvalue weighted by Gasteiger charge is -2.43. The van der Waals surface area contributed by atoms with E-state index in [2.05, 4.69) is 17.1 Å². The number of benzene rings is 1. The van der Waals surface area contributed by atoms with Crippen LogP contribution in [0.15, 0.2) is 18.3 Å².